The van der Waals surface area contributed by atoms with E-state index in [0.717, 1.165) is 5.56 Å². The number of benzene rings is 2. The summed E-state index contributed by atoms with van der Waals surface area (Å²) in [6.45, 7) is 0.406. The second-order valence-corrected chi connectivity index (χ2v) is 5.83. The predicted octanol–water partition coefficient (Wildman–Crippen LogP) is 2.98. The molecular weight excluding hydrogens is 330 g/mol. The van der Waals surface area contributed by atoms with Gasteiger partial charge in [0.15, 0.2) is 17.6 Å². The summed E-state index contributed by atoms with van der Waals surface area (Å²) in [4.78, 5) is 11.4. The summed E-state index contributed by atoms with van der Waals surface area (Å²) in [5, 5.41) is 3.38. The van der Waals surface area contributed by atoms with E-state index in [9.17, 15) is 4.79 Å². The molecule has 1 heterocycles. The normalized spacial score (nSPS) is 18.6. The first-order valence-electron chi connectivity index (χ1n) is 7.61. The maximum atomic E-state index is 11.4. The number of hydrogen-bond donors (Lipinski definition) is 1. The third-order valence-corrected chi connectivity index (χ3v) is 4.01. The Hall–Kier alpha value is -2.24. The Balaban J connectivity index is 1.89. The smallest absolute Gasteiger partial charge is 0.246 e. The van der Waals surface area contributed by atoms with Crippen LogP contribution in [0.2, 0.25) is 5.02 Å². The molecule has 0 saturated carbocycles. The number of morpholine rings is 1. The molecule has 0 aliphatic carbocycles. The van der Waals surface area contributed by atoms with Crippen LogP contribution in [0.4, 0.5) is 0 Å². The number of rotatable bonds is 5. The van der Waals surface area contributed by atoms with Crippen molar-refractivity contribution in [2.75, 3.05) is 20.3 Å². The van der Waals surface area contributed by atoms with Gasteiger partial charge in [0.1, 0.15) is 12.7 Å². The van der Waals surface area contributed by atoms with Crippen LogP contribution in [0.25, 0.3) is 0 Å². The zero-order chi connectivity index (χ0) is 16.9. The summed E-state index contributed by atoms with van der Waals surface area (Å²) in [6.07, 6.45) is -0.688. The molecule has 1 fully saturated rings. The van der Waals surface area contributed by atoms with Crippen LogP contribution in [0.1, 0.15) is 11.7 Å². The molecular formula is C18H18ClNO4. The number of nitrogens with one attached hydrogen (secondary N) is 1. The largest absolute Gasteiger partial charge is 0.493 e. The molecule has 0 radical (unpaired) electrons. The molecule has 2 aromatic carbocycles. The summed E-state index contributed by atoms with van der Waals surface area (Å²) in [7, 11) is 1.56. The minimum atomic E-state index is -0.387. The number of amides is 1. The van der Waals surface area contributed by atoms with Gasteiger partial charge in [-0.1, -0.05) is 41.9 Å². The maximum absolute atomic E-state index is 11.4. The van der Waals surface area contributed by atoms with Crippen LogP contribution in [0.5, 0.6) is 11.5 Å². The molecule has 126 valence electrons. The van der Waals surface area contributed by atoms with Crippen LogP contribution >= 0.6 is 11.6 Å². The molecule has 1 saturated heterocycles. The molecule has 6 heteroatoms. The Bertz CT molecular complexity index is 697. The molecule has 5 nitrogen and oxygen atoms in total. The van der Waals surface area contributed by atoms with Crippen molar-refractivity contribution in [3.8, 4) is 11.5 Å². The van der Waals surface area contributed by atoms with Gasteiger partial charge in [0.2, 0.25) is 5.91 Å². The fourth-order valence-electron chi connectivity index (χ4n) is 2.58. The second-order valence-electron chi connectivity index (χ2n) is 5.40. The lowest BCUT2D eigenvalue weighted by molar-refractivity contribution is -0.137. The van der Waals surface area contributed by atoms with Gasteiger partial charge in [-0.15, -0.1) is 0 Å². The van der Waals surface area contributed by atoms with E-state index in [1.807, 2.05) is 30.3 Å². The molecule has 24 heavy (non-hydrogen) atoms. The van der Waals surface area contributed by atoms with E-state index in [4.69, 9.17) is 25.8 Å². The van der Waals surface area contributed by atoms with E-state index >= 15 is 0 Å². The van der Waals surface area contributed by atoms with Crippen molar-refractivity contribution in [1.82, 2.24) is 5.32 Å². The van der Waals surface area contributed by atoms with Crippen molar-refractivity contribution in [2.24, 2.45) is 0 Å². The lowest BCUT2D eigenvalue weighted by Crippen LogP contribution is -2.46. The predicted molar refractivity (Wildman–Crippen MR) is 90.6 cm³/mol. The molecule has 1 aliphatic rings. The third kappa shape index (κ3) is 3.80. The number of halogens is 1. The minimum Gasteiger partial charge on any atom is -0.493 e. The van der Waals surface area contributed by atoms with Crippen LogP contribution < -0.4 is 14.8 Å². The number of hydrogen-bond acceptors (Lipinski definition) is 4. The first-order chi connectivity index (χ1) is 11.7. The molecule has 3 rings (SSSR count). The Morgan fingerprint density at radius 1 is 1.21 bits per heavy atom. The van der Waals surface area contributed by atoms with Gasteiger partial charge in [0.05, 0.1) is 7.11 Å². The highest BCUT2D eigenvalue weighted by molar-refractivity contribution is 6.30. The van der Waals surface area contributed by atoms with Gasteiger partial charge in [0.25, 0.3) is 0 Å². The third-order valence-electron chi connectivity index (χ3n) is 3.77. The summed E-state index contributed by atoms with van der Waals surface area (Å²) < 4.78 is 17.2. The topological polar surface area (TPSA) is 56.8 Å². The van der Waals surface area contributed by atoms with Gasteiger partial charge in [-0.05, 0) is 17.7 Å². The van der Waals surface area contributed by atoms with Gasteiger partial charge in [-0.3, -0.25) is 4.79 Å². The summed E-state index contributed by atoms with van der Waals surface area (Å²) in [5.41, 5.74) is 0.954. The number of ether oxygens (including phenoxy) is 3. The van der Waals surface area contributed by atoms with Crippen LogP contribution in [0, 0.1) is 0 Å². The molecule has 2 atom stereocenters. The average molecular weight is 348 g/mol. The average Bonchev–Trinajstić information content (AvgIpc) is 2.62. The maximum Gasteiger partial charge on any atom is 0.246 e. The molecule has 2 aromatic rings. The lowest BCUT2D eigenvalue weighted by Gasteiger charge is -2.31. The number of methoxy groups -OCH3 is 1. The molecule has 0 unspecified atom stereocenters. The van der Waals surface area contributed by atoms with Gasteiger partial charge in [-0.25, -0.2) is 0 Å². The van der Waals surface area contributed by atoms with Crippen LogP contribution in [0.3, 0.4) is 0 Å². The Morgan fingerprint density at radius 2 is 2.00 bits per heavy atom. The molecule has 1 aliphatic heterocycles. The fraction of sp³-hybridized carbons (Fsp3) is 0.278. The number of carbonyl (C=O) groups excluding carboxylic acids is 1. The van der Waals surface area contributed by atoms with E-state index in [0.29, 0.717) is 23.1 Å². The zero-order valence-electron chi connectivity index (χ0n) is 13.2. The summed E-state index contributed by atoms with van der Waals surface area (Å²) in [5.74, 6) is 0.988. The van der Waals surface area contributed by atoms with Gasteiger partial charge < -0.3 is 19.5 Å². The van der Waals surface area contributed by atoms with Gasteiger partial charge in [0, 0.05) is 17.6 Å². The van der Waals surface area contributed by atoms with E-state index in [2.05, 4.69) is 5.32 Å². The van der Waals surface area contributed by atoms with Gasteiger partial charge in [-0.2, -0.15) is 0 Å². The van der Waals surface area contributed by atoms with E-state index in [1.165, 1.54) is 0 Å². The molecule has 0 aromatic heterocycles. The van der Waals surface area contributed by atoms with Crippen LogP contribution in [0.15, 0.2) is 48.5 Å². The van der Waals surface area contributed by atoms with Crippen LogP contribution in [-0.4, -0.2) is 32.3 Å². The quantitative estimate of drug-likeness (QED) is 0.903. The van der Waals surface area contributed by atoms with Crippen molar-refractivity contribution in [2.45, 2.75) is 12.2 Å². The monoisotopic (exact) mass is 347 g/mol. The molecule has 0 bridgehead atoms. The van der Waals surface area contributed by atoms with Crippen molar-refractivity contribution in [1.29, 1.82) is 0 Å². The molecule has 1 N–H and O–H groups in total. The second kappa shape index (κ2) is 7.55. The van der Waals surface area contributed by atoms with Crippen molar-refractivity contribution >= 4 is 17.5 Å². The zero-order valence-corrected chi connectivity index (χ0v) is 14.0. The molecule has 1 amide bonds. The SMILES string of the molecule is COc1cc(Cl)ccc1O[C@@H](c1ccccc1)[C@@H]1CNC(=O)CO1. The van der Waals surface area contributed by atoms with Crippen LogP contribution in [-0.2, 0) is 9.53 Å². The minimum absolute atomic E-state index is 0.0229. The molecule has 0 spiro atoms. The Kier molecular flexibility index (Phi) is 5.23. The highest BCUT2D eigenvalue weighted by atomic mass is 35.5. The van der Waals surface area contributed by atoms with Crippen molar-refractivity contribution in [3.05, 3.63) is 59.1 Å². The van der Waals surface area contributed by atoms with E-state index < -0.39 is 0 Å². The highest BCUT2D eigenvalue weighted by Gasteiger charge is 2.30. The first kappa shape index (κ1) is 16.6. The van der Waals surface area contributed by atoms with Gasteiger partial charge >= 0.3 is 0 Å². The first-order valence-corrected chi connectivity index (χ1v) is 7.98. The lowest BCUT2D eigenvalue weighted by atomic mass is 10.0. The summed E-state index contributed by atoms with van der Waals surface area (Å²) in [6, 6.07) is 14.9. The standard InChI is InChI=1S/C18H18ClNO4/c1-22-15-9-13(19)7-8-14(15)24-18(12-5-3-2-4-6-12)16-10-20-17(21)11-23-16/h2-9,16,18H,10-11H2,1H3,(H,20,21)/t16-,18-/m0/s1. The fourth-order valence-corrected chi connectivity index (χ4v) is 2.74. The van der Waals surface area contributed by atoms with E-state index in [1.54, 1.807) is 25.3 Å². The highest BCUT2D eigenvalue weighted by Crippen LogP contribution is 2.35. The Labute approximate surface area is 145 Å². The van der Waals surface area contributed by atoms with Crippen molar-refractivity contribution < 1.29 is 19.0 Å². The van der Waals surface area contributed by atoms with Crippen molar-refractivity contribution in [3.63, 3.8) is 0 Å². The van der Waals surface area contributed by atoms with E-state index in [-0.39, 0.29) is 24.7 Å². The number of carbonyl (C=O) groups is 1. The summed E-state index contributed by atoms with van der Waals surface area (Å²) >= 11 is 6.01. The Morgan fingerprint density at radius 3 is 2.67 bits per heavy atom.